The van der Waals surface area contributed by atoms with Gasteiger partial charge in [-0.1, -0.05) is 44.6 Å². The molecule has 0 spiro atoms. The molecule has 1 heterocycles. The van der Waals surface area contributed by atoms with Crippen LogP contribution in [0.25, 0.3) is 6.08 Å². The van der Waals surface area contributed by atoms with Gasteiger partial charge in [-0.15, -0.1) is 0 Å². The van der Waals surface area contributed by atoms with Gasteiger partial charge in [-0.2, -0.15) is 4.31 Å². The van der Waals surface area contributed by atoms with E-state index >= 15 is 0 Å². The average Bonchev–Trinajstić information content (AvgIpc) is 2.80. The molecule has 1 aromatic rings. The average molecular weight is 454 g/mol. The van der Waals surface area contributed by atoms with E-state index in [0.29, 0.717) is 25.9 Å². The summed E-state index contributed by atoms with van der Waals surface area (Å²) in [6, 6.07) is 3.70. The van der Waals surface area contributed by atoms with Gasteiger partial charge in [0.2, 0.25) is 15.9 Å². The Hall–Kier alpha value is -1.80. The third-order valence-electron chi connectivity index (χ3n) is 5.66. The number of nitrogens with one attached hydrogen (secondary N) is 1. The van der Waals surface area contributed by atoms with Gasteiger partial charge in [0, 0.05) is 38.1 Å². The number of nitrogens with zero attached hydrogens (tertiary/aromatic N) is 2. The maximum atomic E-state index is 12.9. The summed E-state index contributed by atoms with van der Waals surface area (Å²) in [7, 11) is -3.39. The van der Waals surface area contributed by atoms with Crippen LogP contribution in [0.15, 0.2) is 30.6 Å². The van der Waals surface area contributed by atoms with Crippen LogP contribution < -0.4 is 5.32 Å². The number of pyridine rings is 1. The number of aromatic nitrogens is 1. The molecular formula is C23H36FN3O3S. The van der Waals surface area contributed by atoms with Crippen LogP contribution in [0, 0.1) is 0 Å². The second-order valence-corrected chi connectivity index (χ2v) is 10.3. The van der Waals surface area contributed by atoms with Gasteiger partial charge >= 0.3 is 0 Å². The summed E-state index contributed by atoms with van der Waals surface area (Å²) < 4.78 is 39.9. The van der Waals surface area contributed by atoms with Crippen molar-refractivity contribution in [1.82, 2.24) is 14.6 Å². The molecule has 1 N–H and O–H groups in total. The third kappa shape index (κ3) is 9.47. The number of carbonyl (C=O) groups is 1. The van der Waals surface area contributed by atoms with Gasteiger partial charge in [0.1, 0.15) is 6.67 Å². The van der Waals surface area contributed by atoms with E-state index in [1.54, 1.807) is 18.5 Å². The smallest absolute Gasteiger partial charge is 0.243 e. The molecule has 0 radical (unpaired) electrons. The molecule has 0 aliphatic heterocycles. The lowest BCUT2D eigenvalue weighted by Gasteiger charge is -2.29. The van der Waals surface area contributed by atoms with Crippen LogP contribution in [0.4, 0.5) is 4.39 Å². The van der Waals surface area contributed by atoms with E-state index in [2.05, 4.69) is 10.3 Å². The van der Waals surface area contributed by atoms with Crippen molar-refractivity contribution in [2.45, 2.75) is 69.5 Å². The number of sulfonamides is 1. The van der Waals surface area contributed by atoms with Crippen molar-refractivity contribution in [3.05, 3.63) is 36.2 Å². The van der Waals surface area contributed by atoms with Crippen molar-refractivity contribution in [1.29, 1.82) is 0 Å². The second-order valence-electron chi connectivity index (χ2n) is 8.07. The van der Waals surface area contributed by atoms with E-state index in [0.717, 1.165) is 56.9 Å². The van der Waals surface area contributed by atoms with Gasteiger partial charge in [-0.25, -0.2) is 12.8 Å². The molecule has 1 saturated carbocycles. The monoisotopic (exact) mass is 453 g/mol. The van der Waals surface area contributed by atoms with Gasteiger partial charge in [-0.05, 0) is 43.4 Å². The van der Waals surface area contributed by atoms with Gasteiger partial charge in [-0.3, -0.25) is 9.78 Å². The highest BCUT2D eigenvalue weighted by Crippen LogP contribution is 2.26. The maximum Gasteiger partial charge on any atom is 0.243 e. The van der Waals surface area contributed by atoms with Crippen molar-refractivity contribution in [2.24, 2.45) is 0 Å². The first-order valence-electron chi connectivity index (χ1n) is 11.4. The van der Waals surface area contributed by atoms with Gasteiger partial charge in [0.25, 0.3) is 0 Å². The normalized spacial score (nSPS) is 15.5. The zero-order valence-corrected chi connectivity index (χ0v) is 19.2. The van der Waals surface area contributed by atoms with E-state index in [-0.39, 0.29) is 17.7 Å². The largest absolute Gasteiger partial charge is 0.353 e. The Morgan fingerprint density at radius 3 is 2.58 bits per heavy atom. The highest BCUT2D eigenvalue weighted by Gasteiger charge is 2.32. The molecule has 2 rings (SSSR count). The molecule has 6 nitrogen and oxygen atoms in total. The van der Waals surface area contributed by atoms with E-state index in [1.165, 1.54) is 10.4 Å². The minimum atomic E-state index is -3.39. The highest BCUT2D eigenvalue weighted by atomic mass is 32.2. The lowest BCUT2D eigenvalue weighted by Crippen LogP contribution is -2.41. The SMILES string of the molecule is O=C(C=Cc1cccnc1)NCCCCCCCN(CCF)S(=O)(=O)C1CCCCC1. The molecule has 1 aromatic heterocycles. The van der Waals surface area contributed by atoms with Crippen LogP contribution in [-0.4, -0.2) is 55.2 Å². The zero-order valence-electron chi connectivity index (χ0n) is 18.3. The van der Waals surface area contributed by atoms with Crippen molar-refractivity contribution in [2.75, 3.05) is 26.3 Å². The van der Waals surface area contributed by atoms with E-state index in [1.807, 2.05) is 12.1 Å². The Morgan fingerprint density at radius 1 is 1.13 bits per heavy atom. The molecule has 1 aliphatic carbocycles. The van der Waals surface area contributed by atoms with Crippen molar-refractivity contribution in [3.8, 4) is 0 Å². The number of carbonyl (C=O) groups excluding carboxylic acids is 1. The number of alkyl halides is 1. The fraction of sp³-hybridized carbons (Fsp3) is 0.652. The molecule has 31 heavy (non-hydrogen) atoms. The van der Waals surface area contributed by atoms with Gasteiger partial charge in [0.15, 0.2) is 0 Å². The topological polar surface area (TPSA) is 79.4 Å². The fourth-order valence-electron chi connectivity index (χ4n) is 3.89. The number of amides is 1. The van der Waals surface area contributed by atoms with Crippen LogP contribution >= 0.6 is 0 Å². The van der Waals surface area contributed by atoms with Crippen LogP contribution in [0.1, 0.15) is 69.8 Å². The highest BCUT2D eigenvalue weighted by molar-refractivity contribution is 7.89. The first-order chi connectivity index (χ1) is 15.0. The second kappa shape index (κ2) is 14.3. The van der Waals surface area contributed by atoms with Crippen LogP contribution in [0.5, 0.6) is 0 Å². The molecule has 174 valence electrons. The lowest BCUT2D eigenvalue weighted by molar-refractivity contribution is -0.116. The standard InChI is InChI=1S/C23H36FN3O3S/c24-15-19-27(31(29,30)22-11-5-4-6-12-22)18-8-3-1-2-7-17-26-23(28)14-13-21-10-9-16-25-20-21/h9-10,13-14,16,20,22H,1-8,11-12,15,17-19H2,(H,26,28). The summed E-state index contributed by atoms with van der Waals surface area (Å²) in [5, 5.41) is 2.53. The number of unbranched alkanes of at least 4 members (excludes halogenated alkanes) is 4. The third-order valence-corrected chi connectivity index (χ3v) is 8.06. The molecule has 0 unspecified atom stereocenters. The predicted molar refractivity (Wildman–Crippen MR) is 123 cm³/mol. The Morgan fingerprint density at radius 2 is 1.87 bits per heavy atom. The van der Waals surface area contributed by atoms with Crippen LogP contribution in [0.2, 0.25) is 0 Å². The lowest BCUT2D eigenvalue weighted by atomic mass is 10.0. The molecule has 0 bridgehead atoms. The first-order valence-corrected chi connectivity index (χ1v) is 12.9. The predicted octanol–water partition coefficient (Wildman–Crippen LogP) is 4.10. The van der Waals surface area contributed by atoms with Crippen LogP contribution in [-0.2, 0) is 14.8 Å². The summed E-state index contributed by atoms with van der Waals surface area (Å²) in [5.41, 5.74) is 0.880. The Balaban J connectivity index is 1.57. The van der Waals surface area contributed by atoms with E-state index < -0.39 is 16.7 Å². The maximum absolute atomic E-state index is 12.9. The minimum Gasteiger partial charge on any atom is -0.353 e. The van der Waals surface area contributed by atoms with E-state index in [9.17, 15) is 17.6 Å². The fourth-order valence-corrected chi connectivity index (χ4v) is 5.95. The van der Waals surface area contributed by atoms with Gasteiger partial charge in [0.05, 0.1) is 5.25 Å². The molecule has 1 amide bonds. The van der Waals surface area contributed by atoms with Crippen LogP contribution in [0.3, 0.4) is 0 Å². The van der Waals surface area contributed by atoms with E-state index in [4.69, 9.17) is 0 Å². The number of hydrogen-bond donors (Lipinski definition) is 1. The molecule has 8 heteroatoms. The molecule has 0 atom stereocenters. The van der Waals surface area contributed by atoms with Crippen molar-refractivity contribution < 1.29 is 17.6 Å². The minimum absolute atomic E-state index is 0.0303. The summed E-state index contributed by atoms with van der Waals surface area (Å²) >= 11 is 0. The quantitative estimate of drug-likeness (QED) is 0.340. The summed E-state index contributed by atoms with van der Waals surface area (Å²) in [6.07, 6.45) is 15.5. The Labute approximate surface area is 186 Å². The number of rotatable bonds is 14. The first kappa shape index (κ1) is 25.5. The Kier molecular flexibility index (Phi) is 11.7. The van der Waals surface area contributed by atoms with Crippen molar-refractivity contribution in [3.63, 3.8) is 0 Å². The number of halogens is 1. The van der Waals surface area contributed by atoms with Crippen molar-refractivity contribution >= 4 is 22.0 Å². The number of hydrogen-bond acceptors (Lipinski definition) is 4. The molecule has 1 aliphatic rings. The molecule has 0 aromatic carbocycles. The summed E-state index contributed by atoms with van der Waals surface area (Å²) in [5.74, 6) is -0.126. The molecule has 0 saturated heterocycles. The summed E-state index contributed by atoms with van der Waals surface area (Å²) in [6.45, 7) is 0.344. The molecular weight excluding hydrogens is 417 g/mol. The molecule has 1 fully saturated rings. The summed E-state index contributed by atoms with van der Waals surface area (Å²) in [4.78, 5) is 15.8. The van der Waals surface area contributed by atoms with Gasteiger partial charge < -0.3 is 5.32 Å². The zero-order chi connectivity index (χ0) is 22.4. The Bertz CT molecular complexity index is 766.